The molecule has 0 spiro atoms. The first kappa shape index (κ1) is 23.8. The molecule has 1 aliphatic rings. The Morgan fingerprint density at radius 3 is 2.59 bits per heavy atom. The summed E-state index contributed by atoms with van der Waals surface area (Å²) in [5, 5.41) is 6.79. The Balaban J connectivity index is 0.00000364. The molecule has 0 bridgehead atoms. The van der Waals surface area contributed by atoms with Gasteiger partial charge in [0.1, 0.15) is 0 Å². The summed E-state index contributed by atoms with van der Waals surface area (Å²) in [6.45, 7) is 10.8. The Hall–Kier alpha value is -1.28. The largest absolute Gasteiger partial charge is 0.378 e. The molecule has 1 aromatic carbocycles. The van der Waals surface area contributed by atoms with E-state index in [0.717, 1.165) is 45.2 Å². The zero-order chi connectivity index (χ0) is 18.8. The molecule has 27 heavy (non-hydrogen) atoms. The maximum atomic E-state index is 5.80. The number of halogens is 1. The van der Waals surface area contributed by atoms with Crippen LogP contribution in [0.5, 0.6) is 0 Å². The molecule has 1 aliphatic heterocycles. The van der Waals surface area contributed by atoms with Gasteiger partial charge in [-0.1, -0.05) is 38.1 Å². The summed E-state index contributed by atoms with van der Waals surface area (Å²) in [6, 6.07) is 8.69. The van der Waals surface area contributed by atoms with Gasteiger partial charge in [-0.3, -0.25) is 4.99 Å². The number of guanidine groups is 1. The van der Waals surface area contributed by atoms with E-state index in [1.54, 1.807) is 0 Å². The van der Waals surface area contributed by atoms with Crippen LogP contribution in [0.1, 0.15) is 32.8 Å². The minimum Gasteiger partial charge on any atom is -0.378 e. The normalized spacial score (nSPS) is 15.0. The Kier molecular flexibility index (Phi) is 11.4. The zero-order valence-electron chi connectivity index (χ0n) is 17.1. The molecule has 0 aliphatic carbocycles. The van der Waals surface area contributed by atoms with Crippen LogP contribution in [0.25, 0.3) is 0 Å². The summed E-state index contributed by atoms with van der Waals surface area (Å²) in [5.74, 6) is 1.35. The average molecular weight is 486 g/mol. The van der Waals surface area contributed by atoms with Gasteiger partial charge in [0.2, 0.25) is 0 Å². The van der Waals surface area contributed by atoms with Gasteiger partial charge in [0.25, 0.3) is 0 Å². The van der Waals surface area contributed by atoms with Gasteiger partial charge >= 0.3 is 0 Å². The first-order valence-corrected chi connectivity index (χ1v) is 9.69. The molecule has 152 valence electrons. The lowest BCUT2D eigenvalue weighted by molar-refractivity contribution is 0.0258. The highest BCUT2D eigenvalue weighted by atomic mass is 127. The van der Waals surface area contributed by atoms with Crippen molar-refractivity contribution in [3.63, 3.8) is 0 Å². The van der Waals surface area contributed by atoms with Crippen molar-refractivity contribution in [1.82, 2.24) is 10.6 Å². The number of hydrogen-bond acceptors (Lipinski definition) is 3. The number of benzene rings is 1. The summed E-state index contributed by atoms with van der Waals surface area (Å²) in [7, 11) is 1.81. The number of nitrogens with zero attached hydrogens (tertiary/aromatic N) is 2. The van der Waals surface area contributed by atoms with E-state index < -0.39 is 0 Å². The molecule has 1 atom stereocenters. The number of aliphatic imine (C=N–C) groups is 1. The van der Waals surface area contributed by atoms with Gasteiger partial charge in [0.15, 0.2) is 5.96 Å². The van der Waals surface area contributed by atoms with Crippen LogP contribution >= 0.6 is 24.0 Å². The molecule has 0 saturated carbocycles. The highest BCUT2D eigenvalue weighted by molar-refractivity contribution is 14.0. The Morgan fingerprint density at radius 1 is 1.22 bits per heavy atom. The van der Waals surface area contributed by atoms with Crippen molar-refractivity contribution >= 4 is 35.6 Å². The SMILES string of the molecule is CCOC(CCNC(=NC)NCc1cccc(N2CC=CC2)c1)C(C)C.I. The highest BCUT2D eigenvalue weighted by Crippen LogP contribution is 2.18. The Morgan fingerprint density at radius 2 is 1.96 bits per heavy atom. The second-order valence-electron chi connectivity index (χ2n) is 6.93. The summed E-state index contributed by atoms with van der Waals surface area (Å²) in [6.07, 6.45) is 5.69. The van der Waals surface area contributed by atoms with E-state index in [-0.39, 0.29) is 30.1 Å². The number of ether oxygens (including phenoxy) is 1. The first-order valence-electron chi connectivity index (χ1n) is 9.69. The van der Waals surface area contributed by atoms with E-state index in [9.17, 15) is 0 Å². The van der Waals surface area contributed by atoms with Crippen LogP contribution in [0.2, 0.25) is 0 Å². The van der Waals surface area contributed by atoms with Crippen molar-refractivity contribution in [2.45, 2.75) is 39.8 Å². The second kappa shape index (κ2) is 13.0. The van der Waals surface area contributed by atoms with Crippen LogP contribution in [0.4, 0.5) is 5.69 Å². The minimum atomic E-state index is 0. The third kappa shape index (κ3) is 8.09. The van der Waals surface area contributed by atoms with Crippen LogP contribution < -0.4 is 15.5 Å². The van der Waals surface area contributed by atoms with Crippen molar-refractivity contribution in [3.05, 3.63) is 42.0 Å². The topological polar surface area (TPSA) is 48.9 Å². The maximum Gasteiger partial charge on any atom is 0.191 e. The van der Waals surface area contributed by atoms with Crippen molar-refractivity contribution in [2.24, 2.45) is 10.9 Å². The van der Waals surface area contributed by atoms with E-state index in [0.29, 0.717) is 5.92 Å². The lowest BCUT2D eigenvalue weighted by Crippen LogP contribution is -2.39. The number of hydrogen-bond donors (Lipinski definition) is 2. The fourth-order valence-corrected chi connectivity index (χ4v) is 3.11. The van der Waals surface area contributed by atoms with Crippen LogP contribution in [0.15, 0.2) is 41.4 Å². The zero-order valence-corrected chi connectivity index (χ0v) is 19.4. The smallest absolute Gasteiger partial charge is 0.191 e. The van der Waals surface area contributed by atoms with E-state index in [2.05, 4.69) is 77.7 Å². The fourth-order valence-electron chi connectivity index (χ4n) is 3.11. The summed E-state index contributed by atoms with van der Waals surface area (Å²) in [5.41, 5.74) is 2.53. The molecular weight excluding hydrogens is 451 g/mol. The van der Waals surface area contributed by atoms with Crippen molar-refractivity contribution in [3.8, 4) is 0 Å². The van der Waals surface area contributed by atoms with Gasteiger partial charge in [-0.15, -0.1) is 24.0 Å². The molecule has 1 unspecified atom stereocenters. The quantitative estimate of drug-likeness (QED) is 0.241. The first-order chi connectivity index (χ1) is 12.6. The molecule has 2 rings (SSSR count). The van der Waals surface area contributed by atoms with Crippen LogP contribution in [0.3, 0.4) is 0 Å². The lowest BCUT2D eigenvalue weighted by Gasteiger charge is -2.21. The Labute approximate surface area is 181 Å². The van der Waals surface area contributed by atoms with E-state index in [4.69, 9.17) is 4.74 Å². The standard InChI is InChI=1S/C21H34N4O.HI/c1-5-26-20(17(2)3)11-12-23-21(22-4)24-16-18-9-8-10-19(15-18)25-13-6-7-14-25;/h6-10,15,17,20H,5,11-14,16H2,1-4H3,(H2,22,23,24);1H. The monoisotopic (exact) mass is 486 g/mol. The molecule has 2 N–H and O–H groups in total. The molecule has 0 saturated heterocycles. The van der Waals surface area contributed by atoms with Crippen LogP contribution in [-0.2, 0) is 11.3 Å². The summed E-state index contributed by atoms with van der Waals surface area (Å²) in [4.78, 5) is 6.68. The van der Waals surface area contributed by atoms with Crippen molar-refractivity contribution in [2.75, 3.05) is 38.2 Å². The van der Waals surface area contributed by atoms with E-state index in [1.165, 1.54) is 11.3 Å². The lowest BCUT2D eigenvalue weighted by atomic mass is 10.0. The predicted octanol–water partition coefficient (Wildman–Crippen LogP) is 3.80. The predicted molar refractivity (Wildman–Crippen MR) is 126 cm³/mol. The molecule has 0 fully saturated rings. The fraction of sp³-hybridized carbons (Fsp3) is 0.571. The maximum absolute atomic E-state index is 5.80. The van der Waals surface area contributed by atoms with E-state index in [1.807, 2.05) is 7.05 Å². The summed E-state index contributed by atoms with van der Waals surface area (Å²) >= 11 is 0. The highest BCUT2D eigenvalue weighted by Gasteiger charge is 2.13. The minimum absolute atomic E-state index is 0. The average Bonchev–Trinajstić information content (AvgIpc) is 3.18. The third-order valence-corrected chi connectivity index (χ3v) is 4.62. The molecule has 0 aromatic heterocycles. The molecule has 0 amide bonds. The van der Waals surface area contributed by atoms with Gasteiger partial charge in [0.05, 0.1) is 6.10 Å². The molecule has 6 heteroatoms. The van der Waals surface area contributed by atoms with Gasteiger partial charge in [-0.25, -0.2) is 0 Å². The number of nitrogens with one attached hydrogen (secondary N) is 2. The van der Waals surface area contributed by atoms with Crippen LogP contribution in [0, 0.1) is 5.92 Å². The van der Waals surface area contributed by atoms with E-state index >= 15 is 0 Å². The van der Waals surface area contributed by atoms with Crippen LogP contribution in [-0.4, -0.2) is 45.4 Å². The van der Waals surface area contributed by atoms with Gasteiger partial charge in [-0.2, -0.15) is 0 Å². The molecular formula is C21H35IN4O. The second-order valence-corrected chi connectivity index (χ2v) is 6.93. The van der Waals surface area contributed by atoms with Gasteiger partial charge in [-0.05, 0) is 37.0 Å². The van der Waals surface area contributed by atoms with Crippen molar-refractivity contribution < 1.29 is 4.74 Å². The molecule has 1 aromatic rings. The molecule has 1 heterocycles. The number of rotatable bonds is 9. The third-order valence-electron chi connectivity index (χ3n) is 4.62. The van der Waals surface area contributed by atoms with Gasteiger partial charge < -0.3 is 20.3 Å². The summed E-state index contributed by atoms with van der Waals surface area (Å²) < 4.78 is 5.80. The molecule has 0 radical (unpaired) electrons. The molecule has 5 nitrogen and oxygen atoms in total. The van der Waals surface area contributed by atoms with Gasteiger partial charge in [0, 0.05) is 45.5 Å². The number of anilines is 1. The van der Waals surface area contributed by atoms with Crippen molar-refractivity contribution in [1.29, 1.82) is 0 Å². The Bertz CT molecular complexity index is 596.